The van der Waals surface area contributed by atoms with Gasteiger partial charge in [-0.15, -0.1) is 0 Å². The Hall–Kier alpha value is -1.80. The van der Waals surface area contributed by atoms with Crippen LogP contribution in [0.3, 0.4) is 0 Å². The molecule has 1 saturated heterocycles. The average Bonchev–Trinajstić information content (AvgIpc) is 2.86. The van der Waals surface area contributed by atoms with E-state index in [9.17, 15) is 13.2 Å². The van der Waals surface area contributed by atoms with Crippen LogP contribution in [0.1, 0.15) is 20.3 Å². The van der Waals surface area contributed by atoms with Crippen LogP contribution in [-0.4, -0.2) is 63.6 Å². The van der Waals surface area contributed by atoms with Crippen LogP contribution in [0, 0.1) is 5.92 Å². The SMILES string of the molecule is COC(=O)N1CCCN(S(=O)(=O)c2ccc(OCC(C)C)cc2)CC1. The van der Waals surface area contributed by atoms with Gasteiger partial charge in [0.2, 0.25) is 10.0 Å². The maximum Gasteiger partial charge on any atom is 0.409 e. The summed E-state index contributed by atoms with van der Waals surface area (Å²) in [6, 6.07) is 6.48. The molecule has 0 atom stereocenters. The first-order chi connectivity index (χ1) is 11.8. The highest BCUT2D eigenvalue weighted by molar-refractivity contribution is 7.89. The van der Waals surface area contributed by atoms with Crippen molar-refractivity contribution < 1.29 is 22.7 Å². The Morgan fingerprint density at radius 3 is 2.40 bits per heavy atom. The van der Waals surface area contributed by atoms with Gasteiger partial charge in [-0.2, -0.15) is 4.31 Å². The van der Waals surface area contributed by atoms with Crippen molar-refractivity contribution in [2.24, 2.45) is 5.92 Å². The van der Waals surface area contributed by atoms with Crippen LogP contribution >= 0.6 is 0 Å². The smallest absolute Gasteiger partial charge is 0.409 e. The molecule has 8 heteroatoms. The van der Waals surface area contributed by atoms with Crippen LogP contribution in [0.5, 0.6) is 5.75 Å². The quantitative estimate of drug-likeness (QED) is 0.794. The van der Waals surface area contributed by atoms with Gasteiger partial charge < -0.3 is 14.4 Å². The third-order valence-electron chi connectivity index (χ3n) is 3.93. The Bertz CT molecular complexity index is 673. The van der Waals surface area contributed by atoms with E-state index in [0.29, 0.717) is 44.3 Å². The summed E-state index contributed by atoms with van der Waals surface area (Å²) in [6.07, 6.45) is 0.148. The third-order valence-corrected chi connectivity index (χ3v) is 5.85. The van der Waals surface area contributed by atoms with Crippen LogP contribution < -0.4 is 4.74 Å². The normalized spacial score (nSPS) is 16.6. The molecular formula is C17H26N2O5S. The van der Waals surface area contributed by atoms with Gasteiger partial charge in [-0.3, -0.25) is 0 Å². The number of amides is 1. The first-order valence-corrected chi connectivity index (χ1v) is 9.84. The molecule has 0 unspecified atom stereocenters. The average molecular weight is 370 g/mol. The van der Waals surface area contributed by atoms with E-state index in [-0.39, 0.29) is 11.4 Å². The fraction of sp³-hybridized carbons (Fsp3) is 0.588. The van der Waals surface area contributed by atoms with E-state index < -0.39 is 16.1 Å². The molecule has 1 heterocycles. The molecule has 0 radical (unpaired) electrons. The van der Waals surface area contributed by atoms with Crippen molar-refractivity contribution in [2.75, 3.05) is 39.9 Å². The number of benzene rings is 1. The van der Waals surface area contributed by atoms with Gasteiger partial charge in [-0.25, -0.2) is 13.2 Å². The van der Waals surface area contributed by atoms with Gasteiger partial charge in [-0.05, 0) is 36.6 Å². The van der Waals surface area contributed by atoms with Crippen LogP contribution in [0.2, 0.25) is 0 Å². The molecule has 0 aliphatic carbocycles. The lowest BCUT2D eigenvalue weighted by molar-refractivity contribution is 0.126. The van der Waals surface area contributed by atoms with Gasteiger partial charge >= 0.3 is 6.09 Å². The summed E-state index contributed by atoms with van der Waals surface area (Å²) >= 11 is 0. The second-order valence-corrected chi connectivity index (χ2v) is 8.33. The fourth-order valence-corrected chi connectivity index (χ4v) is 4.04. The van der Waals surface area contributed by atoms with E-state index in [2.05, 4.69) is 13.8 Å². The molecule has 7 nitrogen and oxygen atoms in total. The number of carbonyl (C=O) groups is 1. The van der Waals surface area contributed by atoms with Gasteiger partial charge in [0.05, 0.1) is 18.6 Å². The molecule has 1 fully saturated rings. The first kappa shape index (κ1) is 19.5. The molecule has 25 heavy (non-hydrogen) atoms. The predicted molar refractivity (Wildman–Crippen MR) is 94.1 cm³/mol. The van der Waals surface area contributed by atoms with Crippen molar-refractivity contribution in [3.8, 4) is 5.75 Å². The lowest BCUT2D eigenvalue weighted by Crippen LogP contribution is -2.37. The zero-order chi connectivity index (χ0) is 18.4. The molecule has 0 N–H and O–H groups in total. The molecule has 140 valence electrons. The van der Waals surface area contributed by atoms with E-state index in [4.69, 9.17) is 9.47 Å². The number of nitrogens with zero attached hydrogens (tertiary/aromatic N) is 2. The molecule has 1 aromatic rings. The summed E-state index contributed by atoms with van der Waals surface area (Å²) in [5.74, 6) is 1.05. The maximum atomic E-state index is 12.8. The molecular weight excluding hydrogens is 344 g/mol. The Labute approximate surface area is 149 Å². The minimum Gasteiger partial charge on any atom is -0.493 e. The minimum atomic E-state index is -3.59. The summed E-state index contributed by atoms with van der Waals surface area (Å²) in [6.45, 7) is 6.12. The number of ether oxygens (including phenoxy) is 2. The van der Waals surface area contributed by atoms with E-state index in [0.717, 1.165) is 0 Å². The summed E-state index contributed by atoms with van der Waals surface area (Å²) in [4.78, 5) is 13.4. The van der Waals surface area contributed by atoms with Gasteiger partial charge in [-0.1, -0.05) is 13.8 Å². The largest absolute Gasteiger partial charge is 0.493 e. The Kier molecular flexibility index (Phi) is 6.66. The second kappa shape index (κ2) is 8.53. The molecule has 1 aliphatic heterocycles. The zero-order valence-electron chi connectivity index (χ0n) is 15.0. The van der Waals surface area contributed by atoms with Crippen LogP contribution in [0.15, 0.2) is 29.2 Å². The van der Waals surface area contributed by atoms with Crippen LogP contribution in [0.4, 0.5) is 4.79 Å². The van der Waals surface area contributed by atoms with E-state index in [1.165, 1.54) is 16.3 Å². The fourth-order valence-electron chi connectivity index (χ4n) is 2.57. The zero-order valence-corrected chi connectivity index (χ0v) is 15.8. The molecule has 1 aromatic carbocycles. The second-order valence-electron chi connectivity index (χ2n) is 6.39. The molecule has 2 rings (SSSR count). The van der Waals surface area contributed by atoms with E-state index in [1.54, 1.807) is 24.3 Å². The molecule has 0 spiro atoms. The number of hydrogen-bond donors (Lipinski definition) is 0. The summed E-state index contributed by atoms with van der Waals surface area (Å²) < 4.78 is 37.3. The van der Waals surface area contributed by atoms with Crippen molar-refractivity contribution in [1.82, 2.24) is 9.21 Å². The van der Waals surface area contributed by atoms with Crippen molar-refractivity contribution in [3.63, 3.8) is 0 Å². The first-order valence-electron chi connectivity index (χ1n) is 8.40. The number of methoxy groups -OCH3 is 1. The molecule has 0 saturated carbocycles. The van der Waals surface area contributed by atoms with Gasteiger partial charge in [0.1, 0.15) is 5.75 Å². The Morgan fingerprint density at radius 1 is 1.12 bits per heavy atom. The maximum absolute atomic E-state index is 12.8. The minimum absolute atomic E-state index is 0.232. The number of sulfonamides is 1. The highest BCUT2D eigenvalue weighted by Gasteiger charge is 2.28. The van der Waals surface area contributed by atoms with Crippen molar-refractivity contribution >= 4 is 16.1 Å². The van der Waals surface area contributed by atoms with Crippen molar-refractivity contribution in [2.45, 2.75) is 25.2 Å². The summed E-state index contributed by atoms with van der Waals surface area (Å²) in [7, 11) is -2.27. The lowest BCUT2D eigenvalue weighted by Gasteiger charge is -2.21. The van der Waals surface area contributed by atoms with Crippen LogP contribution in [0.25, 0.3) is 0 Å². The number of hydrogen-bond acceptors (Lipinski definition) is 5. The van der Waals surface area contributed by atoms with Gasteiger partial charge in [0.25, 0.3) is 0 Å². The van der Waals surface area contributed by atoms with Gasteiger partial charge in [0, 0.05) is 26.2 Å². The van der Waals surface area contributed by atoms with Crippen molar-refractivity contribution in [3.05, 3.63) is 24.3 Å². The van der Waals surface area contributed by atoms with Gasteiger partial charge in [0.15, 0.2) is 0 Å². The monoisotopic (exact) mass is 370 g/mol. The Morgan fingerprint density at radius 2 is 1.80 bits per heavy atom. The number of rotatable bonds is 5. The third kappa shape index (κ3) is 5.09. The predicted octanol–water partition coefficient (Wildman–Crippen LogP) is 2.18. The molecule has 1 amide bonds. The number of carbonyl (C=O) groups excluding carboxylic acids is 1. The summed E-state index contributed by atoms with van der Waals surface area (Å²) in [5.41, 5.74) is 0. The standard InChI is InChI=1S/C17H26N2O5S/c1-14(2)13-24-15-5-7-16(8-6-15)25(21,22)19-10-4-9-18(11-12-19)17(20)23-3/h5-8,14H,4,9-13H2,1-3H3. The van der Waals surface area contributed by atoms with E-state index >= 15 is 0 Å². The molecule has 0 bridgehead atoms. The van der Waals surface area contributed by atoms with E-state index in [1.807, 2.05) is 0 Å². The highest BCUT2D eigenvalue weighted by Crippen LogP contribution is 2.21. The topological polar surface area (TPSA) is 76.2 Å². The molecule has 1 aliphatic rings. The lowest BCUT2D eigenvalue weighted by atomic mass is 10.2. The summed E-state index contributed by atoms with van der Waals surface area (Å²) in [5, 5.41) is 0. The van der Waals surface area contributed by atoms with Crippen molar-refractivity contribution in [1.29, 1.82) is 0 Å². The molecule has 0 aromatic heterocycles. The highest BCUT2D eigenvalue weighted by atomic mass is 32.2. The Balaban J connectivity index is 2.06. The van der Waals surface area contributed by atoms with Crippen LogP contribution in [-0.2, 0) is 14.8 Å².